The molecular formula is C22H27Cl2N3O5S. The highest BCUT2D eigenvalue weighted by atomic mass is 35.5. The molecule has 0 radical (unpaired) electrons. The largest absolute Gasteiger partial charge is 0.495 e. The number of nitrogens with one attached hydrogen (secondary N) is 1. The molecule has 0 aliphatic carbocycles. The van der Waals surface area contributed by atoms with Crippen LogP contribution in [0.25, 0.3) is 0 Å². The van der Waals surface area contributed by atoms with Crippen molar-refractivity contribution in [2.75, 3.05) is 31.3 Å². The Kier molecular flexibility index (Phi) is 8.99. The van der Waals surface area contributed by atoms with Gasteiger partial charge in [-0.05, 0) is 49.2 Å². The number of hydrogen-bond donors (Lipinski definition) is 1. The van der Waals surface area contributed by atoms with Crippen LogP contribution < -0.4 is 14.4 Å². The first kappa shape index (κ1) is 26.8. The van der Waals surface area contributed by atoms with E-state index in [1.165, 1.54) is 19.1 Å². The lowest BCUT2D eigenvalue weighted by atomic mass is 10.1. The maximum atomic E-state index is 13.4. The molecule has 0 aliphatic rings. The summed E-state index contributed by atoms with van der Waals surface area (Å²) in [5.41, 5.74) is 1.65. The summed E-state index contributed by atoms with van der Waals surface area (Å²) in [5.74, 6) is -0.678. The number of halogens is 2. The fourth-order valence-electron chi connectivity index (χ4n) is 3.22. The average molecular weight is 516 g/mol. The summed E-state index contributed by atoms with van der Waals surface area (Å²) in [7, 11) is -0.989. The number of amides is 2. The van der Waals surface area contributed by atoms with Crippen molar-refractivity contribution in [3.05, 3.63) is 57.6 Å². The van der Waals surface area contributed by atoms with Gasteiger partial charge < -0.3 is 15.0 Å². The fourth-order valence-corrected chi connectivity index (χ4v) is 4.38. The van der Waals surface area contributed by atoms with E-state index in [2.05, 4.69) is 5.32 Å². The molecule has 0 saturated heterocycles. The van der Waals surface area contributed by atoms with Crippen molar-refractivity contribution in [1.29, 1.82) is 0 Å². The predicted molar refractivity (Wildman–Crippen MR) is 130 cm³/mol. The number of carbonyl (C=O) groups is 2. The van der Waals surface area contributed by atoms with Crippen molar-refractivity contribution in [3.8, 4) is 5.75 Å². The minimum absolute atomic E-state index is 0.0207. The van der Waals surface area contributed by atoms with Gasteiger partial charge in [0.1, 0.15) is 18.3 Å². The van der Waals surface area contributed by atoms with E-state index in [-0.39, 0.29) is 12.2 Å². The Labute approximate surface area is 204 Å². The number of methoxy groups -OCH3 is 1. The molecule has 2 rings (SSSR count). The van der Waals surface area contributed by atoms with E-state index in [0.29, 0.717) is 21.4 Å². The van der Waals surface area contributed by atoms with Gasteiger partial charge in [-0.2, -0.15) is 0 Å². The zero-order valence-electron chi connectivity index (χ0n) is 19.1. The molecule has 0 aliphatic heterocycles. The third-order valence-electron chi connectivity index (χ3n) is 5.03. The number of nitrogens with zero attached hydrogens (tertiary/aromatic N) is 2. The number of carbonyl (C=O) groups excluding carboxylic acids is 2. The summed E-state index contributed by atoms with van der Waals surface area (Å²) >= 11 is 12.1. The van der Waals surface area contributed by atoms with Crippen molar-refractivity contribution in [2.45, 2.75) is 26.4 Å². The highest BCUT2D eigenvalue weighted by Gasteiger charge is 2.31. The summed E-state index contributed by atoms with van der Waals surface area (Å²) in [6, 6.07) is 9.02. The fraction of sp³-hybridized carbons (Fsp3) is 0.364. The first-order valence-electron chi connectivity index (χ1n) is 9.96. The minimum atomic E-state index is -3.87. The summed E-state index contributed by atoms with van der Waals surface area (Å²) in [5, 5.41) is 3.17. The van der Waals surface area contributed by atoms with Crippen LogP contribution in [-0.2, 0) is 26.2 Å². The van der Waals surface area contributed by atoms with E-state index in [1.807, 2.05) is 0 Å². The number of anilines is 1. The number of sulfonamides is 1. The molecule has 2 aromatic rings. The van der Waals surface area contributed by atoms with E-state index in [9.17, 15) is 18.0 Å². The number of ether oxygens (including phenoxy) is 1. The predicted octanol–water partition coefficient (Wildman–Crippen LogP) is 3.24. The van der Waals surface area contributed by atoms with E-state index in [1.54, 1.807) is 50.2 Å². The molecule has 0 heterocycles. The van der Waals surface area contributed by atoms with Crippen LogP contribution in [0.15, 0.2) is 36.4 Å². The van der Waals surface area contributed by atoms with E-state index < -0.39 is 34.4 Å². The van der Waals surface area contributed by atoms with Gasteiger partial charge >= 0.3 is 0 Å². The van der Waals surface area contributed by atoms with Gasteiger partial charge in [0.05, 0.1) is 29.1 Å². The Bertz CT molecular complexity index is 1140. The molecule has 0 bridgehead atoms. The van der Waals surface area contributed by atoms with Crippen LogP contribution in [0.1, 0.15) is 18.1 Å². The van der Waals surface area contributed by atoms with Crippen molar-refractivity contribution >= 4 is 50.7 Å². The molecule has 33 heavy (non-hydrogen) atoms. The van der Waals surface area contributed by atoms with Gasteiger partial charge in [-0.15, -0.1) is 0 Å². The van der Waals surface area contributed by atoms with Crippen LogP contribution >= 0.6 is 23.2 Å². The molecule has 0 saturated carbocycles. The number of aryl methyl sites for hydroxylation is 1. The van der Waals surface area contributed by atoms with Crippen molar-refractivity contribution in [3.63, 3.8) is 0 Å². The number of likely N-dealkylation sites (N-methyl/N-ethyl adjacent to an activating group) is 1. The number of benzene rings is 2. The van der Waals surface area contributed by atoms with Gasteiger partial charge in [-0.3, -0.25) is 13.9 Å². The normalized spacial score (nSPS) is 12.1. The second-order valence-corrected chi connectivity index (χ2v) is 10.2. The van der Waals surface area contributed by atoms with Gasteiger partial charge in [0, 0.05) is 13.6 Å². The van der Waals surface area contributed by atoms with Crippen LogP contribution in [0.5, 0.6) is 5.75 Å². The van der Waals surface area contributed by atoms with Gasteiger partial charge in [0.15, 0.2) is 0 Å². The Balaban J connectivity index is 2.47. The number of hydrogen-bond acceptors (Lipinski definition) is 5. The lowest BCUT2D eigenvalue weighted by Gasteiger charge is -2.31. The zero-order valence-corrected chi connectivity index (χ0v) is 21.4. The maximum absolute atomic E-state index is 13.4. The molecule has 11 heteroatoms. The highest BCUT2D eigenvalue weighted by Crippen LogP contribution is 2.31. The summed E-state index contributed by atoms with van der Waals surface area (Å²) in [4.78, 5) is 27.1. The van der Waals surface area contributed by atoms with E-state index in [4.69, 9.17) is 27.9 Å². The van der Waals surface area contributed by atoms with Crippen molar-refractivity contribution < 1.29 is 22.7 Å². The zero-order chi connectivity index (χ0) is 24.9. The van der Waals surface area contributed by atoms with Gasteiger partial charge in [-0.1, -0.05) is 35.3 Å². The van der Waals surface area contributed by atoms with Crippen molar-refractivity contribution in [2.24, 2.45) is 0 Å². The van der Waals surface area contributed by atoms with Gasteiger partial charge in [0.25, 0.3) is 0 Å². The standard InChI is InChI=1S/C22H27Cl2N3O5S/c1-14-6-9-20(32-4)19(10-14)27(33(5,30)31)13-21(28)26(15(2)22(29)25-3)12-16-7-8-17(23)18(24)11-16/h6-11,15H,12-13H2,1-5H3,(H,25,29)/t15-/m1/s1. The lowest BCUT2D eigenvalue weighted by molar-refractivity contribution is -0.139. The highest BCUT2D eigenvalue weighted by molar-refractivity contribution is 7.92. The SMILES string of the molecule is CNC(=O)[C@@H](C)N(Cc1ccc(Cl)c(Cl)c1)C(=O)CN(c1cc(C)ccc1OC)S(C)(=O)=O. The van der Waals surface area contributed by atoms with Crippen LogP contribution in [0, 0.1) is 6.92 Å². The lowest BCUT2D eigenvalue weighted by Crippen LogP contribution is -2.50. The summed E-state index contributed by atoms with van der Waals surface area (Å²) < 4.78 is 31.6. The molecule has 0 aromatic heterocycles. The first-order chi connectivity index (χ1) is 15.4. The quantitative estimate of drug-likeness (QED) is 0.552. The first-order valence-corrected chi connectivity index (χ1v) is 12.6. The topological polar surface area (TPSA) is 96.0 Å². The summed E-state index contributed by atoms with van der Waals surface area (Å²) in [6.45, 7) is 2.86. The molecule has 8 nitrogen and oxygen atoms in total. The molecule has 0 unspecified atom stereocenters. The van der Waals surface area contributed by atoms with Crippen molar-refractivity contribution in [1.82, 2.24) is 10.2 Å². The molecule has 0 spiro atoms. The Morgan fingerprint density at radius 2 is 1.79 bits per heavy atom. The molecule has 0 fully saturated rings. The molecular weight excluding hydrogens is 489 g/mol. The Morgan fingerprint density at radius 3 is 2.33 bits per heavy atom. The van der Waals surface area contributed by atoms with E-state index in [0.717, 1.165) is 16.1 Å². The van der Waals surface area contributed by atoms with E-state index >= 15 is 0 Å². The van der Waals surface area contributed by atoms with Crippen LogP contribution in [0.4, 0.5) is 5.69 Å². The third kappa shape index (κ3) is 6.75. The minimum Gasteiger partial charge on any atom is -0.495 e. The monoisotopic (exact) mass is 515 g/mol. The second kappa shape index (κ2) is 11.1. The van der Waals surface area contributed by atoms with Crippen LogP contribution in [0.3, 0.4) is 0 Å². The molecule has 180 valence electrons. The Hall–Kier alpha value is -2.49. The molecule has 1 N–H and O–H groups in total. The molecule has 2 amide bonds. The third-order valence-corrected chi connectivity index (χ3v) is 6.90. The van der Waals surface area contributed by atoms with Crippen LogP contribution in [-0.4, -0.2) is 58.1 Å². The Morgan fingerprint density at radius 1 is 1.12 bits per heavy atom. The molecule has 2 aromatic carbocycles. The maximum Gasteiger partial charge on any atom is 0.244 e. The number of rotatable bonds is 9. The van der Waals surface area contributed by atoms with Gasteiger partial charge in [0.2, 0.25) is 21.8 Å². The van der Waals surface area contributed by atoms with Crippen LogP contribution in [0.2, 0.25) is 10.0 Å². The van der Waals surface area contributed by atoms with Gasteiger partial charge in [-0.25, -0.2) is 8.42 Å². The smallest absolute Gasteiger partial charge is 0.244 e. The average Bonchev–Trinajstić information content (AvgIpc) is 2.76. The second-order valence-electron chi connectivity index (χ2n) is 7.51. The summed E-state index contributed by atoms with van der Waals surface area (Å²) in [6.07, 6.45) is 1.01. The molecule has 1 atom stereocenters.